The molecule has 0 bridgehead atoms. The minimum Gasteiger partial charge on any atom is -0.497 e. The Kier molecular flexibility index (Phi) is 8.41. The van der Waals surface area contributed by atoms with Gasteiger partial charge in [0.2, 0.25) is 0 Å². The molecule has 0 aromatic carbocycles. The molecule has 0 radical (unpaired) electrons. The van der Waals surface area contributed by atoms with Crippen LogP contribution in [0.5, 0.6) is 0 Å². The second-order valence-electron chi connectivity index (χ2n) is 3.78. The van der Waals surface area contributed by atoms with Crippen LogP contribution >= 0.6 is 0 Å². The molecular weight excluding hydrogens is 200 g/mol. The molecule has 0 rings (SSSR count). The SMILES string of the molecule is C/C=C(\C=C(/CC)OCCC=C(C)C)OC. The highest BCUT2D eigenvalue weighted by Gasteiger charge is 1.97. The fourth-order valence-corrected chi connectivity index (χ4v) is 1.20. The summed E-state index contributed by atoms with van der Waals surface area (Å²) >= 11 is 0. The first kappa shape index (κ1) is 14.8. The summed E-state index contributed by atoms with van der Waals surface area (Å²) in [5.41, 5.74) is 1.33. The van der Waals surface area contributed by atoms with E-state index in [9.17, 15) is 0 Å². The van der Waals surface area contributed by atoms with Crippen molar-refractivity contribution in [2.75, 3.05) is 13.7 Å². The first-order valence-electron chi connectivity index (χ1n) is 5.81. The van der Waals surface area contributed by atoms with Gasteiger partial charge in [-0.15, -0.1) is 0 Å². The van der Waals surface area contributed by atoms with E-state index < -0.39 is 0 Å². The molecule has 0 fully saturated rings. The van der Waals surface area contributed by atoms with Crippen molar-refractivity contribution in [1.29, 1.82) is 0 Å². The Morgan fingerprint density at radius 2 is 1.94 bits per heavy atom. The molecule has 0 aliphatic heterocycles. The summed E-state index contributed by atoms with van der Waals surface area (Å²) in [6, 6.07) is 0. The molecule has 0 saturated carbocycles. The lowest BCUT2D eigenvalue weighted by Gasteiger charge is -2.08. The molecule has 0 amide bonds. The van der Waals surface area contributed by atoms with E-state index in [1.807, 2.05) is 19.1 Å². The first-order chi connectivity index (χ1) is 7.63. The maximum absolute atomic E-state index is 5.67. The summed E-state index contributed by atoms with van der Waals surface area (Å²) in [5, 5.41) is 0. The molecule has 92 valence electrons. The third-order valence-electron chi connectivity index (χ3n) is 2.13. The molecule has 2 nitrogen and oxygen atoms in total. The van der Waals surface area contributed by atoms with Gasteiger partial charge < -0.3 is 9.47 Å². The lowest BCUT2D eigenvalue weighted by atomic mass is 10.3. The van der Waals surface area contributed by atoms with Crippen molar-refractivity contribution < 1.29 is 9.47 Å². The maximum atomic E-state index is 5.67. The van der Waals surface area contributed by atoms with Gasteiger partial charge in [0.1, 0.15) is 5.76 Å². The summed E-state index contributed by atoms with van der Waals surface area (Å²) in [6.07, 6.45) is 7.89. The molecule has 0 heterocycles. The Balaban J connectivity index is 4.15. The summed E-state index contributed by atoms with van der Waals surface area (Å²) < 4.78 is 10.8. The van der Waals surface area contributed by atoms with Crippen LogP contribution in [0.15, 0.2) is 35.3 Å². The molecule has 0 aliphatic carbocycles. The van der Waals surface area contributed by atoms with Crippen molar-refractivity contribution in [3.8, 4) is 0 Å². The third-order valence-corrected chi connectivity index (χ3v) is 2.13. The molecule has 0 atom stereocenters. The third kappa shape index (κ3) is 7.16. The monoisotopic (exact) mass is 224 g/mol. The Bertz CT molecular complexity index is 268. The van der Waals surface area contributed by atoms with Gasteiger partial charge in [-0.05, 0) is 33.3 Å². The van der Waals surface area contributed by atoms with Crippen molar-refractivity contribution in [3.63, 3.8) is 0 Å². The van der Waals surface area contributed by atoms with Gasteiger partial charge in [0.15, 0.2) is 0 Å². The lowest BCUT2D eigenvalue weighted by Crippen LogP contribution is -1.95. The van der Waals surface area contributed by atoms with Crippen LogP contribution < -0.4 is 0 Å². The molecule has 0 unspecified atom stereocenters. The van der Waals surface area contributed by atoms with Crippen molar-refractivity contribution in [2.45, 2.75) is 40.5 Å². The Labute approximate surface area is 99.6 Å². The average molecular weight is 224 g/mol. The first-order valence-corrected chi connectivity index (χ1v) is 5.81. The minimum atomic E-state index is 0.728. The molecule has 0 aliphatic rings. The zero-order chi connectivity index (χ0) is 12.4. The quantitative estimate of drug-likeness (QED) is 0.279. The van der Waals surface area contributed by atoms with Gasteiger partial charge in [-0.25, -0.2) is 0 Å². The largest absolute Gasteiger partial charge is 0.497 e. The van der Waals surface area contributed by atoms with E-state index in [0.29, 0.717) is 0 Å². The van der Waals surface area contributed by atoms with Crippen LogP contribution in [0.3, 0.4) is 0 Å². The molecular formula is C14H24O2. The minimum absolute atomic E-state index is 0.728. The van der Waals surface area contributed by atoms with Crippen LogP contribution in [-0.2, 0) is 9.47 Å². The van der Waals surface area contributed by atoms with E-state index >= 15 is 0 Å². The smallest absolute Gasteiger partial charge is 0.117 e. The molecule has 0 spiro atoms. The Morgan fingerprint density at radius 1 is 1.25 bits per heavy atom. The Hall–Kier alpha value is -1.18. The highest BCUT2D eigenvalue weighted by Crippen LogP contribution is 2.09. The number of rotatable bonds is 7. The van der Waals surface area contributed by atoms with E-state index in [1.54, 1.807) is 7.11 Å². The van der Waals surface area contributed by atoms with Crippen molar-refractivity contribution in [1.82, 2.24) is 0 Å². The average Bonchev–Trinajstić information content (AvgIpc) is 2.28. The molecule has 0 aromatic rings. The van der Waals surface area contributed by atoms with E-state index in [1.165, 1.54) is 5.57 Å². The van der Waals surface area contributed by atoms with E-state index in [0.717, 1.165) is 31.0 Å². The number of methoxy groups -OCH3 is 1. The summed E-state index contributed by atoms with van der Waals surface area (Å²) in [5.74, 6) is 1.82. The zero-order valence-corrected chi connectivity index (χ0v) is 11.2. The van der Waals surface area contributed by atoms with Gasteiger partial charge in [0, 0.05) is 12.5 Å². The maximum Gasteiger partial charge on any atom is 0.117 e. The van der Waals surface area contributed by atoms with Crippen LogP contribution in [0.25, 0.3) is 0 Å². The van der Waals surface area contributed by atoms with Crippen LogP contribution in [0.4, 0.5) is 0 Å². The van der Waals surface area contributed by atoms with E-state index in [-0.39, 0.29) is 0 Å². The van der Waals surface area contributed by atoms with Crippen LogP contribution in [0.2, 0.25) is 0 Å². The standard InChI is InChI=1S/C14H24O2/c1-6-13(15-5)11-14(7-2)16-10-8-9-12(3)4/h6,9,11H,7-8,10H2,1-5H3/b13-6+,14-11+. The van der Waals surface area contributed by atoms with Crippen molar-refractivity contribution >= 4 is 0 Å². The van der Waals surface area contributed by atoms with Crippen LogP contribution in [0, 0.1) is 0 Å². The molecule has 0 saturated heterocycles. The molecule has 2 heteroatoms. The summed E-state index contributed by atoms with van der Waals surface area (Å²) in [6.45, 7) is 8.95. The molecule has 16 heavy (non-hydrogen) atoms. The molecule has 0 N–H and O–H groups in total. The Morgan fingerprint density at radius 3 is 2.38 bits per heavy atom. The fourth-order valence-electron chi connectivity index (χ4n) is 1.20. The van der Waals surface area contributed by atoms with Gasteiger partial charge in [-0.1, -0.05) is 18.6 Å². The molecule has 0 aromatic heterocycles. The zero-order valence-electron chi connectivity index (χ0n) is 11.2. The number of hydrogen-bond acceptors (Lipinski definition) is 2. The normalized spacial score (nSPS) is 12.3. The highest BCUT2D eigenvalue weighted by molar-refractivity contribution is 5.14. The second-order valence-corrected chi connectivity index (χ2v) is 3.78. The van der Waals surface area contributed by atoms with E-state index in [4.69, 9.17) is 9.47 Å². The van der Waals surface area contributed by atoms with Gasteiger partial charge in [0.05, 0.1) is 19.5 Å². The topological polar surface area (TPSA) is 18.5 Å². The van der Waals surface area contributed by atoms with Gasteiger partial charge in [0.25, 0.3) is 0 Å². The van der Waals surface area contributed by atoms with Crippen LogP contribution in [-0.4, -0.2) is 13.7 Å². The lowest BCUT2D eigenvalue weighted by molar-refractivity contribution is 0.206. The highest BCUT2D eigenvalue weighted by atomic mass is 16.5. The summed E-state index contributed by atoms with van der Waals surface area (Å²) in [7, 11) is 1.67. The van der Waals surface area contributed by atoms with Crippen molar-refractivity contribution in [2.24, 2.45) is 0 Å². The van der Waals surface area contributed by atoms with Crippen molar-refractivity contribution in [3.05, 3.63) is 35.3 Å². The van der Waals surface area contributed by atoms with Crippen LogP contribution in [0.1, 0.15) is 40.5 Å². The van der Waals surface area contributed by atoms with Gasteiger partial charge in [-0.2, -0.15) is 0 Å². The number of allylic oxidation sites excluding steroid dienone is 4. The fraction of sp³-hybridized carbons (Fsp3) is 0.571. The van der Waals surface area contributed by atoms with Gasteiger partial charge in [-0.3, -0.25) is 0 Å². The second kappa shape index (κ2) is 9.08. The number of hydrogen-bond donors (Lipinski definition) is 0. The number of ether oxygens (including phenoxy) is 2. The van der Waals surface area contributed by atoms with Gasteiger partial charge >= 0.3 is 0 Å². The predicted octanol–water partition coefficient (Wildman–Crippen LogP) is 4.20. The summed E-state index contributed by atoms with van der Waals surface area (Å²) in [4.78, 5) is 0. The predicted molar refractivity (Wildman–Crippen MR) is 69.1 cm³/mol. The van der Waals surface area contributed by atoms with E-state index in [2.05, 4.69) is 26.8 Å².